The fourth-order valence-electron chi connectivity index (χ4n) is 1.03. The summed E-state index contributed by atoms with van der Waals surface area (Å²) in [5.74, 6) is 0. The molecule has 5 nitrogen and oxygen atoms in total. The van der Waals surface area contributed by atoms with Crippen LogP contribution in [0.25, 0.3) is 0 Å². The molecule has 0 aromatic rings. The number of unbranched alkanes of at least 4 members (excludes halogenated alkanes) is 1. The van der Waals surface area contributed by atoms with Gasteiger partial charge in [0.25, 0.3) is 0 Å². The van der Waals surface area contributed by atoms with E-state index >= 15 is 0 Å². The molecule has 0 bridgehead atoms. The fraction of sp³-hybridized carbons (Fsp3) is 1.00. The molecule has 0 atom stereocenters. The minimum absolute atomic E-state index is 0. The van der Waals surface area contributed by atoms with Gasteiger partial charge >= 0.3 is 29.6 Å². The molecule has 0 saturated carbocycles. The van der Waals surface area contributed by atoms with Gasteiger partial charge in [0.05, 0.1) is 12.1 Å². The van der Waals surface area contributed by atoms with Crippen LogP contribution in [0.5, 0.6) is 0 Å². The molecule has 0 spiro atoms. The molecule has 0 amide bonds. The van der Waals surface area contributed by atoms with E-state index in [0.29, 0.717) is 6.54 Å². The Hall–Kier alpha value is 0. The Balaban J connectivity index is 0. The van der Waals surface area contributed by atoms with Crippen molar-refractivity contribution in [3.63, 3.8) is 0 Å². The molecule has 0 aliphatic heterocycles. The summed E-state index contributed by atoms with van der Waals surface area (Å²) in [7, 11) is 0. The van der Waals surface area contributed by atoms with E-state index in [1.807, 2.05) is 27.7 Å². The summed E-state index contributed by atoms with van der Waals surface area (Å²) in [6, 6.07) is 0. The van der Waals surface area contributed by atoms with Crippen LogP contribution >= 0.6 is 0 Å². The second-order valence-corrected chi connectivity index (χ2v) is 3.98. The minimum Gasteiger partial charge on any atom is -0.737 e. The topological polar surface area (TPSA) is 64.7 Å². The molecule has 0 heterocycles. The van der Waals surface area contributed by atoms with E-state index in [0.717, 1.165) is 12.8 Å². The molecule has 0 rings (SSSR count). The Bertz CT molecular complexity index is 180. The van der Waals surface area contributed by atoms with Crippen molar-refractivity contribution < 1.29 is 34.5 Å². The van der Waals surface area contributed by atoms with Crippen LogP contribution in [0.15, 0.2) is 5.28 Å². The van der Waals surface area contributed by atoms with Crippen molar-refractivity contribution in [3.8, 4) is 0 Å². The predicted molar refractivity (Wildman–Crippen MR) is 50.8 cm³/mol. The van der Waals surface area contributed by atoms with E-state index in [1.165, 1.54) is 5.01 Å². The smallest absolute Gasteiger partial charge is 0.737 e. The molecule has 78 valence electrons. The van der Waals surface area contributed by atoms with E-state index < -0.39 is 0 Å². The Kier molecular flexibility index (Phi) is 8.58. The SMILES string of the molecule is CCCCN(/[N+]([O-])=N/[O-])C(C)(C)C.[Na+]. The summed E-state index contributed by atoms with van der Waals surface area (Å²) >= 11 is 0. The van der Waals surface area contributed by atoms with Gasteiger partial charge in [-0.2, -0.15) is 0 Å². The van der Waals surface area contributed by atoms with E-state index in [1.54, 1.807) is 0 Å². The molecular weight excluding hydrogens is 193 g/mol. The van der Waals surface area contributed by atoms with Crippen LogP contribution in [-0.2, 0) is 0 Å². The summed E-state index contributed by atoms with van der Waals surface area (Å²) in [6.45, 7) is 8.22. The summed E-state index contributed by atoms with van der Waals surface area (Å²) in [4.78, 5) is 0.135. The molecule has 0 fully saturated rings. The van der Waals surface area contributed by atoms with Gasteiger partial charge in [-0.05, 0) is 32.5 Å². The van der Waals surface area contributed by atoms with Gasteiger partial charge < -0.3 is 10.4 Å². The normalized spacial score (nSPS) is 12.1. The molecule has 6 heteroatoms. The van der Waals surface area contributed by atoms with Crippen molar-refractivity contribution in [2.24, 2.45) is 5.28 Å². The van der Waals surface area contributed by atoms with Crippen molar-refractivity contribution >= 4 is 0 Å². The standard InChI is InChI=1S/C8H19N3O2.Na/c1-5-6-7-10(8(2,3)4)11(13)9-12;/h12H,5-7H2,1-4H3;/q;+1/p-1/b11-9-;. The van der Waals surface area contributed by atoms with Crippen LogP contribution < -0.4 is 29.6 Å². The maximum atomic E-state index is 11.0. The van der Waals surface area contributed by atoms with Gasteiger partial charge in [0.1, 0.15) is 0 Å². The van der Waals surface area contributed by atoms with Crippen LogP contribution in [-0.4, -0.2) is 22.1 Å². The second kappa shape index (κ2) is 7.31. The number of nitrogens with zero attached hydrogens (tertiary/aromatic N) is 3. The third-order valence-corrected chi connectivity index (χ3v) is 1.77. The van der Waals surface area contributed by atoms with Gasteiger partial charge in [-0.1, -0.05) is 13.3 Å². The Morgan fingerprint density at radius 3 is 2.14 bits per heavy atom. The van der Waals surface area contributed by atoms with Crippen molar-refractivity contribution in [1.82, 2.24) is 5.01 Å². The van der Waals surface area contributed by atoms with Crippen LogP contribution in [0.4, 0.5) is 0 Å². The molecule has 0 aromatic heterocycles. The largest absolute Gasteiger partial charge is 1.00 e. The van der Waals surface area contributed by atoms with Crippen LogP contribution in [0.1, 0.15) is 40.5 Å². The monoisotopic (exact) mass is 211 g/mol. The zero-order valence-electron chi connectivity index (χ0n) is 9.78. The van der Waals surface area contributed by atoms with Gasteiger partial charge in [-0.15, -0.1) is 5.01 Å². The zero-order valence-corrected chi connectivity index (χ0v) is 11.8. The maximum Gasteiger partial charge on any atom is 1.00 e. The van der Waals surface area contributed by atoms with Gasteiger partial charge in [-0.25, -0.2) is 0 Å². The quantitative estimate of drug-likeness (QED) is 0.266. The first-order chi connectivity index (χ1) is 5.93. The number of rotatable bonds is 4. The Morgan fingerprint density at radius 1 is 1.36 bits per heavy atom. The van der Waals surface area contributed by atoms with E-state index in [-0.39, 0.29) is 40.1 Å². The molecule has 0 aliphatic rings. The minimum atomic E-state index is -0.356. The zero-order chi connectivity index (χ0) is 10.5. The number of hydrazine groups is 1. The molecule has 0 aromatic carbocycles. The Morgan fingerprint density at radius 2 is 1.86 bits per heavy atom. The average Bonchev–Trinajstić information content (AvgIpc) is 2.02. The summed E-state index contributed by atoms with van der Waals surface area (Å²) in [5.41, 5.74) is -0.356. The molecule has 0 saturated heterocycles. The predicted octanol–water partition coefficient (Wildman–Crippen LogP) is -0.734. The third kappa shape index (κ3) is 5.67. The van der Waals surface area contributed by atoms with Gasteiger partial charge in [-0.3, -0.25) is 0 Å². The van der Waals surface area contributed by atoms with Crippen molar-refractivity contribution in [3.05, 3.63) is 10.4 Å². The number of hydrogen-bond acceptors (Lipinski definition) is 3. The van der Waals surface area contributed by atoms with Crippen LogP contribution in [0, 0.1) is 10.4 Å². The first-order valence-corrected chi connectivity index (χ1v) is 4.51. The van der Waals surface area contributed by atoms with Crippen molar-refractivity contribution in [2.45, 2.75) is 46.1 Å². The van der Waals surface area contributed by atoms with Crippen molar-refractivity contribution in [2.75, 3.05) is 6.54 Å². The molecule has 0 unspecified atom stereocenters. The maximum absolute atomic E-state index is 11.0. The molecule has 0 radical (unpaired) electrons. The molecule has 0 N–H and O–H groups in total. The fourth-order valence-corrected chi connectivity index (χ4v) is 1.03. The van der Waals surface area contributed by atoms with Crippen molar-refractivity contribution in [1.29, 1.82) is 0 Å². The van der Waals surface area contributed by atoms with Crippen LogP contribution in [0.2, 0.25) is 0 Å². The second-order valence-electron chi connectivity index (χ2n) is 3.98. The molecule has 14 heavy (non-hydrogen) atoms. The molecular formula is C8H18N3NaO2. The number of hydrogen-bond donors (Lipinski definition) is 0. The summed E-state index contributed by atoms with van der Waals surface area (Å²) < 4.78 is 0. The third-order valence-electron chi connectivity index (χ3n) is 1.77. The van der Waals surface area contributed by atoms with Gasteiger partial charge in [0, 0.05) is 4.97 Å². The van der Waals surface area contributed by atoms with E-state index in [4.69, 9.17) is 0 Å². The molecule has 0 aliphatic carbocycles. The average molecular weight is 211 g/mol. The summed E-state index contributed by atoms with van der Waals surface area (Å²) in [5, 5.41) is 24.9. The summed E-state index contributed by atoms with van der Waals surface area (Å²) in [6.07, 6.45) is 1.87. The van der Waals surface area contributed by atoms with E-state index in [9.17, 15) is 10.4 Å². The first-order valence-electron chi connectivity index (χ1n) is 4.51. The Labute approximate surface area is 108 Å². The van der Waals surface area contributed by atoms with Gasteiger partial charge in [0.2, 0.25) is 0 Å². The van der Waals surface area contributed by atoms with Crippen LogP contribution in [0.3, 0.4) is 0 Å². The van der Waals surface area contributed by atoms with Gasteiger partial charge in [0.15, 0.2) is 0 Å². The van der Waals surface area contributed by atoms with E-state index in [2.05, 4.69) is 5.28 Å². The first kappa shape index (κ1) is 16.4.